The van der Waals surface area contributed by atoms with Crippen molar-refractivity contribution in [2.24, 2.45) is 0 Å². The predicted octanol–water partition coefficient (Wildman–Crippen LogP) is 3.02. The molecule has 3 aromatic rings. The highest BCUT2D eigenvalue weighted by Crippen LogP contribution is 2.23. The summed E-state index contributed by atoms with van der Waals surface area (Å²) in [5.41, 5.74) is 1.72. The van der Waals surface area contributed by atoms with Gasteiger partial charge in [-0.3, -0.25) is 4.79 Å². The van der Waals surface area contributed by atoms with E-state index < -0.39 is 0 Å². The van der Waals surface area contributed by atoms with Gasteiger partial charge in [0.1, 0.15) is 0 Å². The van der Waals surface area contributed by atoms with Crippen LogP contribution in [-0.2, 0) is 0 Å². The molecule has 0 radical (unpaired) electrons. The highest BCUT2D eigenvalue weighted by atomic mass is 32.1. The Labute approximate surface area is 138 Å². The van der Waals surface area contributed by atoms with E-state index in [1.807, 2.05) is 35.8 Å². The van der Waals surface area contributed by atoms with E-state index in [9.17, 15) is 4.79 Å². The lowest BCUT2D eigenvalue weighted by atomic mass is 10.0. The van der Waals surface area contributed by atoms with Gasteiger partial charge in [0.05, 0.1) is 5.56 Å². The van der Waals surface area contributed by atoms with Crippen molar-refractivity contribution in [2.75, 3.05) is 18.0 Å². The number of nitrogens with one attached hydrogen (secondary N) is 2. The first-order valence-corrected chi connectivity index (χ1v) is 8.70. The van der Waals surface area contributed by atoms with Crippen molar-refractivity contribution in [2.45, 2.75) is 18.9 Å². The third kappa shape index (κ3) is 2.82. The van der Waals surface area contributed by atoms with E-state index in [2.05, 4.69) is 20.2 Å². The Bertz CT molecular complexity index is 803. The number of carbonyl (C=O) groups excluding carboxylic acids is 1. The molecule has 4 rings (SSSR count). The summed E-state index contributed by atoms with van der Waals surface area (Å²) < 4.78 is 0. The number of fused-ring (bicyclic) bond motifs is 1. The fraction of sp³-hybridized carbons (Fsp3) is 0.294. The molecule has 2 N–H and O–H groups in total. The van der Waals surface area contributed by atoms with E-state index in [0.29, 0.717) is 0 Å². The van der Waals surface area contributed by atoms with Crippen molar-refractivity contribution in [1.82, 2.24) is 15.3 Å². The second-order valence-corrected chi connectivity index (χ2v) is 6.67. The highest BCUT2D eigenvalue weighted by molar-refractivity contribution is 7.13. The Kier molecular flexibility index (Phi) is 3.75. The van der Waals surface area contributed by atoms with Crippen LogP contribution in [0.2, 0.25) is 0 Å². The molecule has 1 aliphatic heterocycles. The highest BCUT2D eigenvalue weighted by Gasteiger charge is 2.23. The molecule has 3 heterocycles. The summed E-state index contributed by atoms with van der Waals surface area (Å²) >= 11 is 1.67. The number of thiazole rings is 1. The molecule has 0 bridgehead atoms. The molecule has 5 nitrogen and oxygen atoms in total. The lowest BCUT2D eigenvalue weighted by Crippen LogP contribution is -2.44. The molecule has 23 heavy (non-hydrogen) atoms. The number of H-pyrrole nitrogens is 1. The van der Waals surface area contributed by atoms with Crippen LogP contribution in [0.15, 0.2) is 42.0 Å². The minimum atomic E-state index is 0.00940. The molecule has 0 atom stereocenters. The summed E-state index contributed by atoms with van der Waals surface area (Å²) in [7, 11) is 0. The third-order valence-electron chi connectivity index (χ3n) is 4.35. The number of aromatic nitrogens is 2. The first kappa shape index (κ1) is 14.3. The second kappa shape index (κ2) is 6.04. The maximum absolute atomic E-state index is 12.5. The Morgan fingerprint density at radius 3 is 2.91 bits per heavy atom. The van der Waals surface area contributed by atoms with Crippen LogP contribution in [0.4, 0.5) is 5.13 Å². The number of anilines is 1. The molecule has 2 aromatic heterocycles. The van der Waals surface area contributed by atoms with Crippen molar-refractivity contribution in [3.63, 3.8) is 0 Å². The zero-order chi connectivity index (χ0) is 15.6. The zero-order valence-electron chi connectivity index (χ0n) is 12.7. The van der Waals surface area contributed by atoms with Crippen LogP contribution < -0.4 is 10.2 Å². The summed E-state index contributed by atoms with van der Waals surface area (Å²) in [4.78, 5) is 22.3. The molecule has 0 spiro atoms. The van der Waals surface area contributed by atoms with Crippen LogP contribution in [0.25, 0.3) is 10.9 Å². The average Bonchev–Trinajstić information content (AvgIpc) is 3.25. The predicted molar refractivity (Wildman–Crippen MR) is 93.1 cm³/mol. The molecule has 118 valence electrons. The zero-order valence-corrected chi connectivity index (χ0v) is 13.5. The molecule has 1 amide bonds. The number of rotatable bonds is 3. The van der Waals surface area contributed by atoms with Gasteiger partial charge in [-0.2, -0.15) is 0 Å². The van der Waals surface area contributed by atoms with Gasteiger partial charge in [0.2, 0.25) is 0 Å². The average molecular weight is 326 g/mol. The molecule has 0 unspecified atom stereocenters. The first-order chi connectivity index (χ1) is 11.3. The van der Waals surface area contributed by atoms with E-state index >= 15 is 0 Å². The number of nitrogens with zero attached hydrogens (tertiary/aromatic N) is 2. The van der Waals surface area contributed by atoms with Gasteiger partial charge in [0.15, 0.2) is 5.13 Å². The molecular weight excluding hydrogens is 308 g/mol. The van der Waals surface area contributed by atoms with Crippen LogP contribution in [-0.4, -0.2) is 35.0 Å². The topological polar surface area (TPSA) is 61.0 Å². The molecule has 1 saturated heterocycles. The first-order valence-electron chi connectivity index (χ1n) is 7.83. The van der Waals surface area contributed by atoms with Crippen LogP contribution in [0.5, 0.6) is 0 Å². The molecule has 0 saturated carbocycles. The Morgan fingerprint density at radius 1 is 1.30 bits per heavy atom. The maximum atomic E-state index is 12.5. The van der Waals surface area contributed by atoms with E-state index in [-0.39, 0.29) is 11.9 Å². The summed E-state index contributed by atoms with van der Waals surface area (Å²) in [6, 6.07) is 8.12. The lowest BCUT2D eigenvalue weighted by Gasteiger charge is -2.32. The lowest BCUT2D eigenvalue weighted by molar-refractivity contribution is 0.0933. The van der Waals surface area contributed by atoms with E-state index in [1.165, 1.54) is 0 Å². The molecule has 6 heteroatoms. The van der Waals surface area contributed by atoms with Gasteiger partial charge in [-0.25, -0.2) is 4.98 Å². The Morgan fingerprint density at radius 2 is 2.13 bits per heavy atom. The largest absolute Gasteiger partial charge is 0.360 e. The van der Waals surface area contributed by atoms with E-state index in [1.54, 1.807) is 17.5 Å². The monoisotopic (exact) mass is 326 g/mol. The Balaban J connectivity index is 1.40. The van der Waals surface area contributed by atoms with Crippen molar-refractivity contribution < 1.29 is 4.79 Å². The van der Waals surface area contributed by atoms with Crippen LogP contribution in [0, 0.1) is 0 Å². The fourth-order valence-electron chi connectivity index (χ4n) is 3.11. The fourth-order valence-corrected chi connectivity index (χ4v) is 3.81. The van der Waals surface area contributed by atoms with Crippen molar-refractivity contribution in [3.05, 3.63) is 47.6 Å². The number of para-hydroxylation sites is 1. The number of hydrogen-bond acceptors (Lipinski definition) is 4. The number of benzene rings is 1. The smallest absolute Gasteiger partial charge is 0.253 e. The molecular formula is C17H18N4OS. The molecule has 1 fully saturated rings. The van der Waals surface area contributed by atoms with Crippen molar-refractivity contribution in [3.8, 4) is 0 Å². The normalized spacial score (nSPS) is 15.9. The minimum absolute atomic E-state index is 0.00940. The maximum Gasteiger partial charge on any atom is 0.253 e. The number of carbonyl (C=O) groups is 1. The van der Waals surface area contributed by atoms with E-state index in [0.717, 1.165) is 47.5 Å². The van der Waals surface area contributed by atoms with Gasteiger partial charge in [-0.15, -0.1) is 11.3 Å². The third-order valence-corrected chi connectivity index (χ3v) is 5.19. The number of hydrogen-bond donors (Lipinski definition) is 2. The van der Waals surface area contributed by atoms with Gasteiger partial charge in [-0.05, 0) is 18.9 Å². The van der Waals surface area contributed by atoms with Crippen molar-refractivity contribution in [1.29, 1.82) is 0 Å². The van der Waals surface area contributed by atoms with Gasteiger partial charge in [0, 0.05) is 47.8 Å². The molecule has 1 aromatic carbocycles. The standard InChI is InChI=1S/C17H18N4OS/c22-16(14-11-19-15-4-2-1-3-13(14)15)20-12-5-8-21(9-6-12)17-18-7-10-23-17/h1-4,7,10-12,19H,5-6,8-9H2,(H,20,22). The van der Waals surface area contributed by atoms with Gasteiger partial charge < -0.3 is 15.2 Å². The van der Waals surface area contributed by atoms with Gasteiger partial charge in [0.25, 0.3) is 5.91 Å². The molecule has 1 aliphatic rings. The summed E-state index contributed by atoms with van der Waals surface area (Å²) in [6.45, 7) is 1.87. The number of aromatic amines is 1. The van der Waals surface area contributed by atoms with Crippen LogP contribution in [0.1, 0.15) is 23.2 Å². The quantitative estimate of drug-likeness (QED) is 0.778. The van der Waals surface area contributed by atoms with Crippen LogP contribution >= 0.6 is 11.3 Å². The van der Waals surface area contributed by atoms with Crippen molar-refractivity contribution >= 4 is 33.3 Å². The number of piperidine rings is 1. The van der Waals surface area contributed by atoms with Crippen LogP contribution in [0.3, 0.4) is 0 Å². The van der Waals surface area contributed by atoms with Gasteiger partial charge in [-0.1, -0.05) is 18.2 Å². The second-order valence-electron chi connectivity index (χ2n) is 5.80. The summed E-state index contributed by atoms with van der Waals surface area (Å²) in [5, 5.41) is 7.23. The van der Waals surface area contributed by atoms with Gasteiger partial charge >= 0.3 is 0 Å². The summed E-state index contributed by atoms with van der Waals surface area (Å²) in [5.74, 6) is 0.00940. The minimum Gasteiger partial charge on any atom is -0.360 e. The summed E-state index contributed by atoms with van der Waals surface area (Å²) in [6.07, 6.45) is 5.54. The SMILES string of the molecule is O=C(NC1CCN(c2nccs2)CC1)c1c[nH]c2ccccc12. The Hall–Kier alpha value is -2.34. The number of amides is 1. The van der Waals surface area contributed by atoms with E-state index in [4.69, 9.17) is 0 Å². The molecule has 0 aliphatic carbocycles.